The van der Waals surface area contributed by atoms with Crippen LogP contribution in [0, 0.1) is 0 Å². The van der Waals surface area contributed by atoms with Crippen LogP contribution in [0.15, 0.2) is 53.7 Å². The van der Waals surface area contributed by atoms with E-state index in [0.29, 0.717) is 12.7 Å². The maximum absolute atomic E-state index is 5.71. The first-order valence-corrected chi connectivity index (χ1v) is 11.2. The topological polar surface area (TPSA) is 58.4 Å². The lowest BCUT2D eigenvalue weighted by Crippen LogP contribution is -2.25. The molecule has 2 aromatic carbocycles. The number of hydrogen-bond acceptors (Lipinski definition) is 6. The highest BCUT2D eigenvalue weighted by Crippen LogP contribution is 2.33. The first kappa shape index (κ1) is 20.9. The summed E-state index contributed by atoms with van der Waals surface area (Å²) in [5.41, 5.74) is 3.37. The van der Waals surface area contributed by atoms with Crippen molar-refractivity contribution in [2.75, 3.05) is 26.3 Å². The number of rotatable bonds is 7. The SMILES string of the molecule is COc1ccc(-c2nnc(SC[C@@H]3CCOCO3)n2-c2ccccc2C(C)C)cc1. The Morgan fingerprint density at radius 3 is 2.63 bits per heavy atom. The maximum atomic E-state index is 5.71. The lowest BCUT2D eigenvalue weighted by atomic mass is 10.0. The second-order valence-electron chi connectivity index (χ2n) is 7.50. The molecule has 7 heteroatoms. The van der Waals surface area contributed by atoms with Crippen LogP contribution in [0.5, 0.6) is 5.75 Å². The van der Waals surface area contributed by atoms with Crippen LogP contribution < -0.4 is 4.74 Å². The van der Waals surface area contributed by atoms with E-state index in [9.17, 15) is 0 Å². The number of ether oxygens (including phenoxy) is 3. The molecule has 1 atom stereocenters. The number of nitrogens with zero attached hydrogens (tertiary/aromatic N) is 3. The van der Waals surface area contributed by atoms with Crippen LogP contribution in [0.1, 0.15) is 31.7 Å². The van der Waals surface area contributed by atoms with Gasteiger partial charge in [-0.05, 0) is 48.2 Å². The molecule has 0 saturated carbocycles. The number of methoxy groups -OCH3 is 1. The van der Waals surface area contributed by atoms with Crippen molar-refractivity contribution in [3.63, 3.8) is 0 Å². The fourth-order valence-electron chi connectivity index (χ4n) is 3.49. The van der Waals surface area contributed by atoms with Gasteiger partial charge >= 0.3 is 0 Å². The third-order valence-electron chi connectivity index (χ3n) is 5.15. The molecule has 1 fully saturated rings. The summed E-state index contributed by atoms with van der Waals surface area (Å²) in [5.74, 6) is 2.83. The molecule has 0 aliphatic carbocycles. The van der Waals surface area contributed by atoms with Gasteiger partial charge in [0.1, 0.15) is 12.5 Å². The van der Waals surface area contributed by atoms with Crippen LogP contribution in [-0.2, 0) is 9.47 Å². The average Bonchev–Trinajstić information content (AvgIpc) is 3.22. The zero-order chi connectivity index (χ0) is 20.9. The molecule has 1 aliphatic heterocycles. The predicted molar refractivity (Wildman–Crippen MR) is 118 cm³/mol. The van der Waals surface area contributed by atoms with Crippen molar-refractivity contribution in [2.45, 2.75) is 37.4 Å². The first-order valence-electron chi connectivity index (χ1n) is 10.2. The van der Waals surface area contributed by atoms with E-state index in [1.54, 1.807) is 18.9 Å². The Kier molecular flexibility index (Phi) is 6.72. The summed E-state index contributed by atoms with van der Waals surface area (Å²) >= 11 is 1.68. The van der Waals surface area contributed by atoms with Crippen molar-refractivity contribution < 1.29 is 14.2 Å². The molecule has 0 N–H and O–H groups in total. The molecule has 3 aromatic rings. The summed E-state index contributed by atoms with van der Waals surface area (Å²) in [6.45, 7) is 5.52. The largest absolute Gasteiger partial charge is 0.497 e. The minimum atomic E-state index is 0.165. The standard InChI is InChI=1S/C23H27N3O3S/c1-16(2)20-6-4-5-7-21(20)26-22(17-8-10-18(27-3)11-9-17)24-25-23(26)30-14-19-12-13-28-15-29-19/h4-11,16,19H,12-15H2,1-3H3/t19-/m0/s1. The average molecular weight is 426 g/mol. The minimum absolute atomic E-state index is 0.165. The summed E-state index contributed by atoms with van der Waals surface area (Å²) < 4.78 is 18.5. The Bertz CT molecular complexity index is 966. The van der Waals surface area contributed by atoms with E-state index in [1.807, 2.05) is 24.3 Å². The molecule has 30 heavy (non-hydrogen) atoms. The second-order valence-corrected chi connectivity index (χ2v) is 8.49. The number of para-hydroxylation sites is 1. The van der Waals surface area contributed by atoms with E-state index < -0.39 is 0 Å². The molecule has 0 unspecified atom stereocenters. The molecule has 158 valence electrons. The van der Waals surface area contributed by atoms with Gasteiger partial charge in [0.25, 0.3) is 0 Å². The fourth-order valence-corrected chi connectivity index (χ4v) is 4.50. The van der Waals surface area contributed by atoms with Gasteiger partial charge in [0.05, 0.1) is 25.5 Å². The highest BCUT2D eigenvalue weighted by molar-refractivity contribution is 7.99. The van der Waals surface area contributed by atoms with E-state index in [0.717, 1.165) is 46.8 Å². The van der Waals surface area contributed by atoms with Crippen molar-refractivity contribution in [3.05, 3.63) is 54.1 Å². The van der Waals surface area contributed by atoms with Gasteiger partial charge in [-0.1, -0.05) is 43.8 Å². The lowest BCUT2D eigenvalue weighted by molar-refractivity contribution is -0.130. The van der Waals surface area contributed by atoms with Gasteiger partial charge in [-0.2, -0.15) is 0 Å². The van der Waals surface area contributed by atoms with Crippen molar-refractivity contribution in [1.82, 2.24) is 14.8 Å². The van der Waals surface area contributed by atoms with Gasteiger partial charge < -0.3 is 14.2 Å². The molecule has 0 spiro atoms. The molecule has 4 rings (SSSR count). The van der Waals surface area contributed by atoms with E-state index in [4.69, 9.17) is 14.2 Å². The molecular weight excluding hydrogens is 398 g/mol. The smallest absolute Gasteiger partial charge is 0.196 e. The number of aromatic nitrogens is 3. The van der Waals surface area contributed by atoms with Crippen LogP contribution in [-0.4, -0.2) is 47.1 Å². The Morgan fingerprint density at radius 2 is 1.93 bits per heavy atom. The zero-order valence-electron chi connectivity index (χ0n) is 17.6. The van der Waals surface area contributed by atoms with Gasteiger partial charge in [0.2, 0.25) is 0 Å². The quantitative estimate of drug-likeness (QED) is 0.501. The van der Waals surface area contributed by atoms with Gasteiger partial charge in [0.15, 0.2) is 11.0 Å². The number of benzene rings is 2. The highest BCUT2D eigenvalue weighted by atomic mass is 32.2. The van der Waals surface area contributed by atoms with Gasteiger partial charge in [-0.15, -0.1) is 10.2 Å². The molecular formula is C23H27N3O3S. The molecule has 1 saturated heterocycles. The summed E-state index contributed by atoms with van der Waals surface area (Å²) in [6, 6.07) is 16.4. The van der Waals surface area contributed by atoms with Crippen molar-refractivity contribution in [1.29, 1.82) is 0 Å². The number of hydrogen-bond donors (Lipinski definition) is 0. The summed E-state index contributed by atoms with van der Waals surface area (Å²) in [5, 5.41) is 9.99. The van der Waals surface area contributed by atoms with Crippen LogP contribution in [0.25, 0.3) is 17.1 Å². The third-order valence-corrected chi connectivity index (χ3v) is 6.21. The highest BCUT2D eigenvalue weighted by Gasteiger charge is 2.22. The maximum Gasteiger partial charge on any atom is 0.196 e. The van der Waals surface area contributed by atoms with Crippen molar-refractivity contribution in [3.8, 4) is 22.8 Å². The van der Waals surface area contributed by atoms with E-state index in [2.05, 4.69) is 52.9 Å². The Labute approximate surface area is 181 Å². The molecule has 1 aliphatic rings. The van der Waals surface area contributed by atoms with E-state index in [-0.39, 0.29) is 6.10 Å². The summed E-state index contributed by atoms with van der Waals surface area (Å²) in [6.07, 6.45) is 1.06. The van der Waals surface area contributed by atoms with Gasteiger partial charge in [0, 0.05) is 11.3 Å². The number of thioether (sulfide) groups is 1. The monoisotopic (exact) mass is 425 g/mol. The second kappa shape index (κ2) is 9.64. The first-order chi connectivity index (χ1) is 14.7. The van der Waals surface area contributed by atoms with E-state index in [1.165, 1.54) is 5.56 Å². The molecule has 6 nitrogen and oxygen atoms in total. The minimum Gasteiger partial charge on any atom is -0.497 e. The Hall–Kier alpha value is -2.35. The third kappa shape index (κ3) is 4.53. The molecule has 0 amide bonds. The Balaban J connectivity index is 1.74. The lowest BCUT2D eigenvalue weighted by Gasteiger charge is -2.22. The predicted octanol–water partition coefficient (Wildman–Crippen LogP) is 4.92. The van der Waals surface area contributed by atoms with Gasteiger partial charge in [-0.3, -0.25) is 4.57 Å². The van der Waals surface area contributed by atoms with Gasteiger partial charge in [-0.25, -0.2) is 0 Å². The zero-order valence-corrected chi connectivity index (χ0v) is 18.4. The fraction of sp³-hybridized carbons (Fsp3) is 0.391. The summed E-state index contributed by atoms with van der Waals surface area (Å²) in [7, 11) is 1.67. The summed E-state index contributed by atoms with van der Waals surface area (Å²) in [4.78, 5) is 0. The van der Waals surface area contributed by atoms with Crippen LogP contribution in [0.3, 0.4) is 0 Å². The van der Waals surface area contributed by atoms with Crippen molar-refractivity contribution in [2.24, 2.45) is 0 Å². The Morgan fingerprint density at radius 1 is 1.13 bits per heavy atom. The van der Waals surface area contributed by atoms with Crippen LogP contribution >= 0.6 is 11.8 Å². The molecule has 2 heterocycles. The van der Waals surface area contributed by atoms with Crippen LogP contribution in [0.4, 0.5) is 0 Å². The van der Waals surface area contributed by atoms with E-state index >= 15 is 0 Å². The molecule has 0 bridgehead atoms. The molecule has 1 aromatic heterocycles. The molecule has 0 radical (unpaired) electrons. The van der Waals surface area contributed by atoms with Crippen molar-refractivity contribution >= 4 is 11.8 Å². The van der Waals surface area contributed by atoms with Crippen LogP contribution in [0.2, 0.25) is 0 Å². The normalized spacial score (nSPS) is 16.7.